The maximum absolute atomic E-state index is 9.38. The van der Waals surface area contributed by atoms with Crippen molar-refractivity contribution in [3.63, 3.8) is 0 Å². The van der Waals surface area contributed by atoms with Crippen LogP contribution in [0.4, 0.5) is 0 Å². The molecular weight excluding hydrogens is 226 g/mol. The largest absolute Gasteiger partial charge is 0.455 e. The van der Waals surface area contributed by atoms with Crippen LogP contribution in [0.2, 0.25) is 0 Å². The van der Waals surface area contributed by atoms with Crippen molar-refractivity contribution in [3.8, 4) is 11.5 Å². The summed E-state index contributed by atoms with van der Waals surface area (Å²) < 4.78 is 5.79. The molecule has 0 aliphatic rings. The molecule has 0 bridgehead atoms. The number of pyridine rings is 1. The summed E-state index contributed by atoms with van der Waals surface area (Å²) in [7, 11) is 0. The third kappa shape index (κ3) is 2.87. The van der Waals surface area contributed by atoms with E-state index >= 15 is 0 Å². The maximum Gasteiger partial charge on any atom is 0.145 e. The lowest BCUT2D eigenvalue weighted by molar-refractivity contribution is 0.194. The van der Waals surface area contributed by atoms with Crippen molar-refractivity contribution < 1.29 is 9.84 Å². The Hall–Kier alpha value is -1.87. The number of aliphatic hydroxyl groups excluding tert-OH is 1. The minimum atomic E-state index is -0.554. The number of rotatable bonds is 4. The Morgan fingerprint density at radius 2 is 2.00 bits per heavy atom. The molecule has 1 unspecified atom stereocenters. The Kier molecular flexibility index (Phi) is 3.95. The summed E-state index contributed by atoms with van der Waals surface area (Å²) in [6, 6.07) is 11.5. The molecule has 0 saturated heterocycles. The van der Waals surface area contributed by atoms with Gasteiger partial charge in [0.05, 0.1) is 18.0 Å². The number of nitrogens with zero attached hydrogens (tertiary/aromatic N) is 1. The lowest BCUT2D eigenvalue weighted by Crippen LogP contribution is -1.96. The zero-order valence-electron chi connectivity index (χ0n) is 10.6. The van der Waals surface area contributed by atoms with Crippen LogP contribution in [-0.4, -0.2) is 10.1 Å². The van der Waals surface area contributed by atoms with E-state index in [1.54, 1.807) is 19.2 Å². The van der Waals surface area contributed by atoms with E-state index in [1.807, 2.05) is 30.3 Å². The number of hydrogen-bond donors (Lipinski definition) is 1. The fourth-order valence-corrected chi connectivity index (χ4v) is 1.72. The van der Waals surface area contributed by atoms with Gasteiger partial charge in [0.15, 0.2) is 0 Å². The van der Waals surface area contributed by atoms with Gasteiger partial charge < -0.3 is 9.84 Å². The third-order valence-corrected chi connectivity index (χ3v) is 2.77. The molecule has 0 spiro atoms. The summed E-state index contributed by atoms with van der Waals surface area (Å²) >= 11 is 0. The van der Waals surface area contributed by atoms with E-state index in [9.17, 15) is 5.11 Å². The summed E-state index contributed by atoms with van der Waals surface area (Å²) in [5.41, 5.74) is 1.81. The molecule has 0 radical (unpaired) electrons. The van der Waals surface area contributed by atoms with Crippen LogP contribution >= 0.6 is 0 Å². The van der Waals surface area contributed by atoms with Gasteiger partial charge in [0.25, 0.3) is 0 Å². The SMILES string of the molecule is CCc1ccccc1Oc1ccc(C(C)O)nc1. The molecule has 3 nitrogen and oxygen atoms in total. The Labute approximate surface area is 107 Å². The highest BCUT2D eigenvalue weighted by Crippen LogP contribution is 2.25. The molecule has 0 saturated carbocycles. The molecule has 2 rings (SSSR count). The lowest BCUT2D eigenvalue weighted by atomic mass is 10.1. The monoisotopic (exact) mass is 243 g/mol. The van der Waals surface area contributed by atoms with Gasteiger partial charge in [0.1, 0.15) is 11.5 Å². The van der Waals surface area contributed by atoms with E-state index in [1.165, 1.54) is 0 Å². The number of ether oxygens (including phenoxy) is 1. The number of aliphatic hydroxyl groups is 1. The molecule has 1 atom stereocenters. The molecule has 94 valence electrons. The molecule has 1 aromatic heterocycles. The van der Waals surface area contributed by atoms with Crippen LogP contribution < -0.4 is 4.74 Å². The fraction of sp³-hybridized carbons (Fsp3) is 0.267. The van der Waals surface area contributed by atoms with Gasteiger partial charge in [-0.2, -0.15) is 0 Å². The minimum Gasteiger partial charge on any atom is -0.455 e. The molecule has 0 aliphatic carbocycles. The van der Waals surface area contributed by atoms with E-state index in [-0.39, 0.29) is 0 Å². The van der Waals surface area contributed by atoms with Gasteiger partial charge in [-0.1, -0.05) is 25.1 Å². The second-order valence-corrected chi connectivity index (χ2v) is 4.16. The summed E-state index contributed by atoms with van der Waals surface area (Å²) in [6.45, 7) is 3.78. The zero-order valence-corrected chi connectivity index (χ0v) is 10.6. The van der Waals surface area contributed by atoms with Gasteiger partial charge in [-0.25, -0.2) is 0 Å². The van der Waals surface area contributed by atoms with E-state index in [4.69, 9.17) is 4.74 Å². The molecule has 18 heavy (non-hydrogen) atoms. The topological polar surface area (TPSA) is 42.4 Å². The van der Waals surface area contributed by atoms with Gasteiger partial charge in [-0.05, 0) is 37.1 Å². The summed E-state index contributed by atoms with van der Waals surface area (Å²) in [6.07, 6.45) is 2.01. The second kappa shape index (κ2) is 5.65. The predicted molar refractivity (Wildman–Crippen MR) is 70.8 cm³/mol. The van der Waals surface area contributed by atoms with Crippen LogP contribution in [0.3, 0.4) is 0 Å². The normalized spacial score (nSPS) is 12.2. The van der Waals surface area contributed by atoms with E-state index in [2.05, 4.69) is 11.9 Å². The van der Waals surface area contributed by atoms with Crippen molar-refractivity contribution in [2.75, 3.05) is 0 Å². The van der Waals surface area contributed by atoms with Gasteiger partial charge >= 0.3 is 0 Å². The average Bonchev–Trinajstić information content (AvgIpc) is 2.40. The number of hydrogen-bond acceptors (Lipinski definition) is 3. The first-order chi connectivity index (χ1) is 8.70. The summed E-state index contributed by atoms with van der Waals surface area (Å²) in [4.78, 5) is 4.15. The fourth-order valence-electron chi connectivity index (χ4n) is 1.72. The number of benzene rings is 1. The predicted octanol–water partition coefficient (Wildman–Crippen LogP) is 3.49. The molecule has 0 amide bonds. The maximum atomic E-state index is 9.38. The highest BCUT2D eigenvalue weighted by Gasteiger charge is 2.05. The number of para-hydroxylation sites is 1. The smallest absolute Gasteiger partial charge is 0.145 e. The van der Waals surface area contributed by atoms with Crippen molar-refractivity contribution in [3.05, 3.63) is 53.9 Å². The van der Waals surface area contributed by atoms with Crippen molar-refractivity contribution in [1.82, 2.24) is 4.98 Å². The van der Waals surface area contributed by atoms with Crippen LogP contribution in [0.15, 0.2) is 42.6 Å². The van der Waals surface area contributed by atoms with E-state index in [0.717, 1.165) is 17.7 Å². The van der Waals surface area contributed by atoms with Crippen molar-refractivity contribution in [2.24, 2.45) is 0 Å². The average molecular weight is 243 g/mol. The molecule has 2 aromatic rings. The second-order valence-electron chi connectivity index (χ2n) is 4.16. The van der Waals surface area contributed by atoms with Gasteiger partial charge in [-0.3, -0.25) is 4.98 Å². The number of aromatic nitrogens is 1. The Morgan fingerprint density at radius 3 is 2.61 bits per heavy atom. The lowest BCUT2D eigenvalue weighted by Gasteiger charge is -2.10. The minimum absolute atomic E-state index is 0.554. The van der Waals surface area contributed by atoms with Crippen LogP contribution in [0, 0.1) is 0 Å². The Balaban J connectivity index is 2.18. The van der Waals surface area contributed by atoms with Crippen LogP contribution in [0.25, 0.3) is 0 Å². The summed E-state index contributed by atoms with van der Waals surface area (Å²) in [5.74, 6) is 1.53. The van der Waals surface area contributed by atoms with Crippen molar-refractivity contribution >= 4 is 0 Å². The first-order valence-electron chi connectivity index (χ1n) is 6.10. The third-order valence-electron chi connectivity index (χ3n) is 2.77. The van der Waals surface area contributed by atoms with Crippen molar-refractivity contribution in [2.45, 2.75) is 26.4 Å². The number of aryl methyl sites for hydroxylation is 1. The zero-order chi connectivity index (χ0) is 13.0. The Morgan fingerprint density at radius 1 is 1.22 bits per heavy atom. The molecule has 1 N–H and O–H groups in total. The van der Waals surface area contributed by atoms with E-state index in [0.29, 0.717) is 11.4 Å². The first-order valence-corrected chi connectivity index (χ1v) is 6.10. The molecular formula is C15H17NO2. The first kappa shape index (κ1) is 12.6. The van der Waals surface area contributed by atoms with Crippen LogP contribution in [0.1, 0.15) is 31.2 Å². The van der Waals surface area contributed by atoms with Crippen LogP contribution in [-0.2, 0) is 6.42 Å². The quantitative estimate of drug-likeness (QED) is 0.893. The van der Waals surface area contributed by atoms with E-state index < -0.39 is 6.10 Å². The van der Waals surface area contributed by atoms with Gasteiger partial charge in [0, 0.05) is 0 Å². The molecule has 3 heteroatoms. The standard InChI is InChI=1S/C15H17NO2/c1-3-12-6-4-5-7-15(12)18-13-8-9-14(11(2)17)16-10-13/h4-11,17H,3H2,1-2H3. The van der Waals surface area contributed by atoms with Crippen molar-refractivity contribution in [1.29, 1.82) is 0 Å². The van der Waals surface area contributed by atoms with Gasteiger partial charge in [0.2, 0.25) is 0 Å². The Bertz CT molecular complexity index is 506. The highest BCUT2D eigenvalue weighted by atomic mass is 16.5. The molecule has 0 fully saturated rings. The summed E-state index contributed by atoms with van der Waals surface area (Å²) in [5, 5.41) is 9.38. The van der Waals surface area contributed by atoms with Crippen LogP contribution in [0.5, 0.6) is 11.5 Å². The highest BCUT2D eigenvalue weighted by molar-refractivity contribution is 5.37. The molecule has 0 aliphatic heterocycles. The van der Waals surface area contributed by atoms with Gasteiger partial charge in [-0.15, -0.1) is 0 Å². The molecule has 1 aromatic carbocycles. The molecule has 1 heterocycles.